The minimum Gasteiger partial charge on any atom is -0.352 e. The highest BCUT2D eigenvalue weighted by Gasteiger charge is 2.31. The first-order chi connectivity index (χ1) is 7.07. The molecule has 1 atom stereocenters. The van der Waals surface area contributed by atoms with E-state index < -0.39 is 0 Å². The molecule has 16 heavy (non-hydrogen) atoms. The summed E-state index contributed by atoms with van der Waals surface area (Å²) in [4.78, 5) is 11.9. The van der Waals surface area contributed by atoms with Gasteiger partial charge in [0.15, 0.2) is 0 Å². The topological polar surface area (TPSA) is 29.1 Å². The van der Waals surface area contributed by atoms with Crippen LogP contribution in [0.5, 0.6) is 0 Å². The summed E-state index contributed by atoms with van der Waals surface area (Å²) < 4.78 is 0. The highest BCUT2D eigenvalue weighted by Crippen LogP contribution is 2.26. The van der Waals surface area contributed by atoms with Gasteiger partial charge in [0, 0.05) is 6.04 Å². The Labute approximate surface area is 109 Å². The lowest BCUT2D eigenvalue weighted by Crippen LogP contribution is -2.47. The number of hydrogen-bond acceptors (Lipinski definition) is 1. The zero-order valence-corrected chi connectivity index (χ0v) is 13.2. The molecule has 0 aromatic heterocycles. The average Bonchev–Trinajstić information content (AvgIpc) is 2.09. The Morgan fingerprint density at radius 3 is 1.69 bits per heavy atom. The van der Waals surface area contributed by atoms with E-state index in [-0.39, 0.29) is 22.2 Å². The fourth-order valence-electron chi connectivity index (χ4n) is 1.73. The number of halogens is 1. The molecule has 0 aliphatic rings. The van der Waals surface area contributed by atoms with Gasteiger partial charge in [0.2, 0.25) is 5.91 Å². The fourth-order valence-corrected chi connectivity index (χ4v) is 1.87. The highest BCUT2D eigenvalue weighted by atomic mass is 79.9. The van der Waals surface area contributed by atoms with Crippen LogP contribution in [0.3, 0.4) is 0 Å². The molecule has 1 N–H and O–H groups in total. The maximum absolute atomic E-state index is 12.1. The molecule has 0 unspecified atom stereocenters. The monoisotopic (exact) mass is 291 g/mol. The van der Waals surface area contributed by atoms with Gasteiger partial charge < -0.3 is 5.32 Å². The van der Waals surface area contributed by atoms with Crippen molar-refractivity contribution in [2.24, 2.45) is 17.3 Å². The summed E-state index contributed by atoms with van der Waals surface area (Å²) >= 11 is 3.48. The predicted molar refractivity (Wildman–Crippen MR) is 73.8 cm³/mol. The number of carbonyl (C=O) groups is 1. The van der Waals surface area contributed by atoms with Gasteiger partial charge in [-0.05, 0) is 17.3 Å². The Morgan fingerprint density at radius 2 is 1.44 bits per heavy atom. The average molecular weight is 292 g/mol. The van der Waals surface area contributed by atoms with Crippen LogP contribution in [0.4, 0.5) is 0 Å². The standard InChI is InChI=1S/C13H26BrNO/c1-8(2)10(9(3)4)15-12(16)11(14)13(5,6)7/h8-11H,1-7H3,(H,15,16)/t11-/m0/s1. The van der Waals surface area contributed by atoms with E-state index in [1.165, 1.54) is 0 Å². The molecule has 2 nitrogen and oxygen atoms in total. The molecule has 0 heterocycles. The van der Waals surface area contributed by atoms with Crippen molar-refractivity contribution in [3.63, 3.8) is 0 Å². The van der Waals surface area contributed by atoms with Crippen LogP contribution < -0.4 is 5.32 Å². The molecule has 0 saturated carbocycles. The Hall–Kier alpha value is -0.0500. The lowest BCUT2D eigenvalue weighted by molar-refractivity contribution is -0.123. The van der Waals surface area contributed by atoms with Gasteiger partial charge in [-0.1, -0.05) is 64.4 Å². The Bertz CT molecular complexity index is 223. The summed E-state index contributed by atoms with van der Waals surface area (Å²) in [6.07, 6.45) is 0. The van der Waals surface area contributed by atoms with E-state index in [9.17, 15) is 4.79 Å². The number of rotatable bonds is 4. The highest BCUT2D eigenvalue weighted by molar-refractivity contribution is 9.10. The molecule has 0 saturated heterocycles. The third kappa shape index (κ3) is 4.86. The van der Waals surface area contributed by atoms with Crippen LogP contribution in [-0.4, -0.2) is 16.8 Å². The van der Waals surface area contributed by atoms with Crippen LogP contribution in [0, 0.1) is 17.3 Å². The van der Waals surface area contributed by atoms with E-state index in [0.29, 0.717) is 11.8 Å². The maximum atomic E-state index is 12.1. The van der Waals surface area contributed by atoms with Crippen molar-refractivity contribution in [3.05, 3.63) is 0 Å². The Morgan fingerprint density at radius 1 is 1.06 bits per heavy atom. The van der Waals surface area contributed by atoms with Crippen LogP contribution >= 0.6 is 15.9 Å². The Balaban J connectivity index is 4.54. The zero-order chi connectivity index (χ0) is 13.1. The van der Waals surface area contributed by atoms with Crippen molar-refractivity contribution >= 4 is 21.8 Å². The predicted octanol–water partition coefficient (Wildman–Crippen LogP) is 3.59. The van der Waals surface area contributed by atoms with Gasteiger partial charge in [-0.15, -0.1) is 0 Å². The molecule has 0 bridgehead atoms. The van der Waals surface area contributed by atoms with Crippen LogP contribution in [0.1, 0.15) is 48.5 Å². The minimum atomic E-state index is -0.139. The molecule has 0 aliphatic heterocycles. The van der Waals surface area contributed by atoms with Crippen molar-refractivity contribution in [2.45, 2.75) is 59.3 Å². The molecular formula is C13H26BrNO. The largest absolute Gasteiger partial charge is 0.352 e. The van der Waals surface area contributed by atoms with Gasteiger partial charge in [-0.25, -0.2) is 0 Å². The first-order valence-electron chi connectivity index (χ1n) is 6.01. The second-order valence-corrected chi connectivity index (χ2v) is 7.17. The van der Waals surface area contributed by atoms with E-state index in [1.807, 2.05) is 0 Å². The second kappa shape index (κ2) is 6.04. The molecule has 0 aliphatic carbocycles. The van der Waals surface area contributed by atoms with E-state index >= 15 is 0 Å². The minimum absolute atomic E-state index is 0.0530. The van der Waals surface area contributed by atoms with Crippen LogP contribution in [0.2, 0.25) is 0 Å². The van der Waals surface area contributed by atoms with Gasteiger partial charge in [0.25, 0.3) is 0 Å². The number of alkyl halides is 1. The lowest BCUT2D eigenvalue weighted by atomic mass is 9.89. The molecular weight excluding hydrogens is 266 g/mol. The molecule has 0 aromatic rings. The van der Waals surface area contributed by atoms with Crippen molar-refractivity contribution in [1.82, 2.24) is 5.32 Å². The van der Waals surface area contributed by atoms with Gasteiger partial charge in [0.05, 0.1) is 4.83 Å². The molecule has 0 radical (unpaired) electrons. The quantitative estimate of drug-likeness (QED) is 0.788. The van der Waals surface area contributed by atoms with Gasteiger partial charge >= 0.3 is 0 Å². The smallest absolute Gasteiger partial charge is 0.234 e. The summed E-state index contributed by atoms with van der Waals surface area (Å²) in [5.41, 5.74) is -0.0530. The maximum Gasteiger partial charge on any atom is 0.234 e. The number of carbonyl (C=O) groups excluding carboxylic acids is 1. The van der Waals surface area contributed by atoms with Crippen LogP contribution in [0.25, 0.3) is 0 Å². The third-order valence-corrected chi connectivity index (χ3v) is 4.53. The molecule has 96 valence electrons. The van der Waals surface area contributed by atoms with Crippen molar-refractivity contribution in [3.8, 4) is 0 Å². The number of nitrogens with one attached hydrogen (secondary N) is 1. The number of hydrogen-bond donors (Lipinski definition) is 1. The van der Waals surface area contributed by atoms with Gasteiger partial charge in [0.1, 0.15) is 0 Å². The van der Waals surface area contributed by atoms with Gasteiger partial charge in [-0.2, -0.15) is 0 Å². The first kappa shape index (κ1) is 16.0. The molecule has 0 aromatic carbocycles. The van der Waals surface area contributed by atoms with Crippen molar-refractivity contribution < 1.29 is 4.79 Å². The summed E-state index contributed by atoms with van der Waals surface area (Å²) in [6.45, 7) is 14.8. The summed E-state index contributed by atoms with van der Waals surface area (Å²) in [7, 11) is 0. The summed E-state index contributed by atoms with van der Waals surface area (Å²) in [6, 6.07) is 0.245. The lowest BCUT2D eigenvalue weighted by Gasteiger charge is -2.30. The third-order valence-electron chi connectivity index (χ3n) is 2.74. The van der Waals surface area contributed by atoms with Crippen LogP contribution in [0.15, 0.2) is 0 Å². The molecule has 0 fully saturated rings. The number of amides is 1. The Kier molecular flexibility index (Phi) is 6.02. The summed E-state index contributed by atoms with van der Waals surface area (Å²) in [5, 5.41) is 3.14. The van der Waals surface area contributed by atoms with E-state index in [2.05, 4.69) is 69.7 Å². The van der Waals surface area contributed by atoms with E-state index in [1.54, 1.807) is 0 Å². The molecule has 3 heteroatoms. The van der Waals surface area contributed by atoms with E-state index in [4.69, 9.17) is 0 Å². The molecule has 1 amide bonds. The van der Waals surface area contributed by atoms with Crippen LogP contribution in [-0.2, 0) is 4.79 Å². The first-order valence-corrected chi connectivity index (χ1v) is 6.93. The zero-order valence-electron chi connectivity index (χ0n) is 11.6. The van der Waals surface area contributed by atoms with Gasteiger partial charge in [-0.3, -0.25) is 4.79 Å². The molecule has 0 spiro atoms. The summed E-state index contributed by atoms with van der Waals surface area (Å²) in [5.74, 6) is 1.02. The second-order valence-electron chi connectivity index (χ2n) is 6.25. The van der Waals surface area contributed by atoms with Crippen molar-refractivity contribution in [1.29, 1.82) is 0 Å². The van der Waals surface area contributed by atoms with Crippen molar-refractivity contribution in [2.75, 3.05) is 0 Å². The fraction of sp³-hybridized carbons (Fsp3) is 0.923. The SMILES string of the molecule is CC(C)C(NC(=O)[C@H](Br)C(C)(C)C)C(C)C. The molecule has 0 rings (SSSR count). The van der Waals surface area contributed by atoms with E-state index in [0.717, 1.165) is 0 Å². The normalized spacial score (nSPS) is 14.7.